The van der Waals surface area contributed by atoms with Crippen molar-refractivity contribution in [2.75, 3.05) is 11.4 Å². The molecule has 1 unspecified atom stereocenters. The molecule has 2 nitrogen and oxygen atoms in total. The summed E-state index contributed by atoms with van der Waals surface area (Å²) < 4.78 is 28.1. The molecule has 5 heteroatoms. The highest BCUT2D eigenvalue weighted by atomic mass is 32.1. The number of nitrogens with two attached hydrogens (primary N) is 1. The van der Waals surface area contributed by atoms with Crippen LogP contribution in [-0.2, 0) is 0 Å². The fraction of sp³-hybridized carbons (Fsp3) is 0.500. The zero-order chi connectivity index (χ0) is 14.0. The topological polar surface area (TPSA) is 29.3 Å². The van der Waals surface area contributed by atoms with E-state index < -0.39 is 11.6 Å². The van der Waals surface area contributed by atoms with Crippen LogP contribution in [0.1, 0.15) is 38.2 Å². The van der Waals surface area contributed by atoms with E-state index in [4.69, 9.17) is 18.0 Å². The summed E-state index contributed by atoms with van der Waals surface area (Å²) in [5, 5.41) is 0. The zero-order valence-corrected chi connectivity index (χ0v) is 11.8. The van der Waals surface area contributed by atoms with E-state index in [1.54, 1.807) is 6.07 Å². The molecule has 1 aromatic carbocycles. The highest BCUT2D eigenvalue weighted by Gasteiger charge is 2.25. The van der Waals surface area contributed by atoms with Crippen LogP contribution < -0.4 is 10.6 Å². The third kappa shape index (κ3) is 2.71. The molecule has 1 fully saturated rings. The minimum Gasteiger partial charge on any atom is -0.389 e. The molecule has 0 spiro atoms. The van der Waals surface area contributed by atoms with Gasteiger partial charge in [-0.05, 0) is 37.8 Å². The quantitative estimate of drug-likeness (QED) is 0.863. The van der Waals surface area contributed by atoms with Crippen LogP contribution >= 0.6 is 12.2 Å². The lowest BCUT2D eigenvalue weighted by molar-refractivity contribution is 0.435. The second-order valence-corrected chi connectivity index (χ2v) is 5.32. The van der Waals surface area contributed by atoms with Crippen LogP contribution in [0, 0.1) is 11.6 Å². The Kier molecular flexibility index (Phi) is 4.34. The maximum atomic E-state index is 14.2. The molecule has 0 aromatic heterocycles. The van der Waals surface area contributed by atoms with Crippen LogP contribution in [-0.4, -0.2) is 17.6 Å². The van der Waals surface area contributed by atoms with Crippen molar-refractivity contribution in [3.05, 3.63) is 29.3 Å². The second kappa shape index (κ2) is 5.82. The summed E-state index contributed by atoms with van der Waals surface area (Å²) in [6.45, 7) is 2.84. The molecule has 1 aromatic rings. The van der Waals surface area contributed by atoms with E-state index in [9.17, 15) is 8.78 Å². The smallest absolute Gasteiger partial charge is 0.182 e. The molecule has 19 heavy (non-hydrogen) atoms. The van der Waals surface area contributed by atoms with Gasteiger partial charge in [-0.25, -0.2) is 8.78 Å². The van der Waals surface area contributed by atoms with Gasteiger partial charge in [-0.1, -0.05) is 19.1 Å². The maximum Gasteiger partial charge on any atom is 0.182 e. The van der Waals surface area contributed by atoms with Gasteiger partial charge in [0, 0.05) is 18.2 Å². The molecular weight excluding hydrogens is 266 g/mol. The number of hydrogen-bond donors (Lipinski definition) is 1. The van der Waals surface area contributed by atoms with Crippen LogP contribution in [0.3, 0.4) is 0 Å². The predicted molar refractivity (Wildman–Crippen MR) is 77.5 cm³/mol. The first-order valence-corrected chi connectivity index (χ1v) is 7.01. The van der Waals surface area contributed by atoms with Gasteiger partial charge in [-0.3, -0.25) is 0 Å². The predicted octanol–water partition coefficient (Wildman–Crippen LogP) is 3.37. The Labute approximate surface area is 117 Å². The van der Waals surface area contributed by atoms with Gasteiger partial charge >= 0.3 is 0 Å². The lowest BCUT2D eigenvalue weighted by Crippen LogP contribution is -2.39. The molecule has 104 valence electrons. The third-order valence-electron chi connectivity index (χ3n) is 3.74. The molecule has 0 aliphatic carbocycles. The minimum absolute atomic E-state index is 0.0266. The monoisotopic (exact) mass is 284 g/mol. The number of anilines is 1. The Morgan fingerprint density at radius 1 is 1.37 bits per heavy atom. The van der Waals surface area contributed by atoms with E-state index in [2.05, 4.69) is 6.92 Å². The van der Waals surface area contributed by atoms with Crippen molar-refractivity contribution in [2.24, 2.45) is 5.73 Å². The molecule has 0 saturated carbocycles. The number of nitrogens with zero attached hydrogens (tertiary/aromatic N) is 1. The lowest BCUT2D eigenvalue weighted by atomic mass is 9.98. The van der Waals surface area contributed by atoms with E-state index in [-0.39, 0.29) is 16.6 Å². The van der Waals surface area contributed by atoms with Crippen molar-refractivity contribution in [1.29, 1.82) is 0 Å². The second-order valence-electron chi connectivity index (χ2n) is 4.88. The van der Waals surface area contributed by atoms with Gasteiger partial charge in [-0.2, -0.15) is 0 Å². The fourth-order valence-electron chi connectivity index (χ4n) is 2.69. The summed E-state index contributed by atoms with van der Waals surface area (Å²) in [6.07, 6.45) is 4.10. The fourth-order valence-corrected chi connectivity index (χ4v) is 2.85. The number of rotatable bonds is 3. The molecule has 1 heterocycles. The van der Waals surface area contributed by atoms with Gasteiger partial charge in [0.1, 0.15) is 4.99 Å². The molecule has 1 atom stereocenters. The van der Waals surface area contributed by atoms with Gasteiger partial charge in [-0.15, -0.1) is 0 Å². The van der Waals surface area contributed by atoms with Crippen molar-refractivity contribution in [3.63, 3.8) is 0 Å². The molecule has 2 rings (SSSR count). The molecule has 0 radical (unpaired) electrons. The van der Waals surface area contributed by atoms with Gasteiger partial charge in [0.25, 0.3) is 0 Å². The van der Waals surface area contributed by atoms with Crippen LogP contribution in [0.2, 0.25) is 0 Å². The summed E-state index contributed by atoms with van der Waals surface area (Å²) in [5.41, 5.74) is 5.67. The van der Waals surface area contributed by atoms with Crippen molar-refractivity contribution < 1.29 is 8.78 Å². The Balaban J connectivity index is 2.39. The highest BCUT2D eigenvalue weighted by molar-refractivity contribution is 7.80. The average Bonchev–Trinajstić information content (AvgIpc) is 2.41. The third-order valence-corrected chi connectivity index (χ3v) is 3.96. The van der Waals surface area contributed by atoms with Gasteiger partial charge in [0.2, 0.25) is 0 Å². The summed E-state index contributed by atoms with van der Waals surface area (Å²) in [6, 6.07) is 3.33. The number of thiocarbonyl (C=S) groups is 1. The molecule has 0 bridgehead atoms. The van der Waals surface area contributed by atoms with E-state index >= 15 is 0 Å². The van der Waals surface area contributed by atoms with E-state index in [1.165, 1.54) is 6.07 Å². The van der Waals surface area contributed by atoms with Crippen LogP contribution in [0.5, 0.6) is 0 Å². The SMILES string of the molecule is CCC1CCCCN1c1ccc(C(N)=S)c(F)c1F. The zero-order valence-electron chi connectivity index (χ0n) is 11.0. The van der Waals surface area contributed by atoms with E-state index in [1.807, 2.05) is 4.90 Å². The lowest BCUT2D eigenvalue weighted by Gasteiger charge is -2.37. The van der Waals surface area contributed by atoms with E-state index in [0.29, 0.717) is 5.69 Å². The molecule has 1 aliphatic rings. The Bertz CT molecular complexity index is 491. The maximum absolute atomic E-state index is 14.2. The van der Waals surface area contributed by atoms with Crippen molar-refractivity contribution in [3.8, 4) is 0 Å². The molecule has 0 amide bonds. The first kappa shape index (κ1) is 14.2. The first-order chi connectivity index (χ1) is 9.06. The highest BCUT2D eigenvalue weighted by Crippen LogP contribution is 2.30. The summed E-state index contributed by atoms with van der Waals surface area (Å²) >= 11 is 4.71. The minimum atomic E-state index is -0.939. The molecule has 1 aliphatic heterocycles. The van der Waals surface area contributed by atoms with Crippen LogP contribution in [0.15, 0.2) is 12.1 Å². The number of benzene rings is 1. The van der Waals surface area contributed by atoms with Crippen molar-refractivity contribution >= 4 is 22.9 Å². The molecular formula is C14H18F2N2S. The van der Waals surface area contributed by atoms with Crippen LogP contribution in [0.25, 0.3) is 0 Å². The van der Waals surface area contributed by atoms with Crippen molar-refractivity contribution in [1.82, 2.24) is 0 Å². The molecule has 2 N–H and O–H groups in total. The normalized spacial score (nSPS) is 19.5. The number of halogens is 2. The van der Waals surface area contributed by atoms with Crippen molar-refractivity contribution in [2.45, 2.75) is 38.6 Å². The van der Waals surface area contributed by atoms with E-state index in [0.717, 1.165) is 32.2 Å². The number of hydrogen-bond acceptors (Lipinski definition) is 2. The Morgan fingerprint density at radius 2 is 2.11 bits per heavy atom. The summed E-state index contributed by atoms with van der Waals surface area (Å²) in [5.74, 6) is -1.78. The Morgan fingerprint density at radius 3 is 2.74 bits per heavy atom. The standard InChI is InChI=1S/C14H18F2N2S/c1-2-9-5-3-4-8-18(9)11-7-6-10(14(17)19)12(15)13(11)16/h6-7,9H,2-5,8H2,1H3,(H2,17,19). The molecule has 1 saturated heterocycles. The van der Waals surface area contributed by atoms with Gasteiger partial charge in [0.05, 0.1) is 5.69 Å². The summed E-state index contributed by atoms with van der Waals surface area (Å²) in [7, 11) is 0. The first-order valence-electron chi connectivity index (χ1n) is 6.60. The average molecular weight is 284 g/mol. The van der Waals surface area contributed by atoms with Gasteiger partial charge in [0.15, 0.2) is 11.6 Å². The summed E-state index contributed by atoms with van der Waals surface area (Å²) in [4.78, 5) is 1.85. The number of piperidine rings is 1. The van der Waals surface area contributed by atoms with Crippen LogP contribution in [0.4, 0.5) is 14.5 Å². The van der Waals surface area contributed by atoms with Gasteiger partial charge < -0.3 is 10.6 Å². The largest absolute Gasteiger partial charge is 0.389 e. The Hall–Kier alpha value is -1.23.